The van der Waals surface area contributed by atoms with E-state index in [1.54, 1.807) is 6.07 Å². The minimum atomic E-state index is -5.18. The number of nitro benzene ring substituents is 1. The van der Waals surface area contributed by atoms with Gasteiger partial charge in [0.1, 0.15) is 43.2 Å². The van der Waals surface area contributed by atoms with Gasteiger partial charge < -0.3 is 50.5 Å². The number of ether oxygens (including phenoxy) is 2. The van der Waals surface area contributed by atoms with E-state index < -0.39 is 80.6 Å². The Balaban J connectivity index is 1.32. The van der Waals surface area contributed by atoms with Gasteiger partial charge in [-0.2, -0.15) is 0 Å². The number of phosphoric ester groups is 1. The second-order valence-electron chi connectivity index (χ2n) is 17.5. The number of benzene rings is 1. The minimum absolute atomic E-state index is 0.00321. The lowest BCUT2D eigenvalue weighted by molar-refractivity contribution is -0.383. The predicted octanol–water partition coefficient (Wildman–Crippen LogP) is 5.82. The van der Waals surface area contributed by atoms with Crippen LogP contribution in [0, 0.1) is 10.1 Å². The van der Waals surface area contributed by atoms with Crippen molar-refractivity contribution < 1.29 is 77.4 Å². The number of nitrogens with zero attached hydrogens (tertiary/aromatic N) is 3. The van der Waals surface area contributed by atoms with Crippen LogP contribution < -0.4 is 10.6 Å². The van der Waals surface area contributed by atoms with E-state index in [1.807, 2.05) is 0 Å². The summed E-state index contributed by atoms with van der Waals surface area (Å²) < 4.78 is 38.1. The summed E-state index contributed by atoms with van der Waals surface area (Å²) in [5.41, 5.74) is 0.691. The first kappa shape index (κ1) is 58.5. The maximum Gasteiger partial charge on any atom is 0.472 e. The van der Waals surface area contributed by atoms with Gasteiger partial charge in [-0.15, -0.1) is 0 Å². The van der Waals surface area contributed by atoms with Crippen LogP contribution in [0.3, 0.4) is 0 Å². The van der Waals surface area contributed by atoms with Gasteiger partial charge >= 0.3 is 25.4 Å². The largest absolute Gasteiger partial charge is 0.472 e. The van der Waals surface area contributed by atoms with E-state index in [4.69, 9.17) is 18.5 Å². The highest BCUT2D eigenvalue weighted by Gasteiger charge is 2.51. The number of fused-ring (bicyclic) bond motifs is 1. The Hall–Kier alpha value is -3.86. The van der Waals surface area contributed by atoms with Gasteiger partial charge in [-0.3, -0.25) is 33.5 Å². The summed E-state index contributed by atoms with van der Waals surface area (Å²) >= 11 is 0. The zero-order valence-corrected chi connectivity index (χ0v) is 40.4. The normalized spacial score (nSPS) is 20.7. The number of aromatic nitrogens is 2. The average molecular weight is 990 g/mol. The number of non-ortho nitro benzene ring substituents is 1. The number of carbonyl (C=O) groups is 3. The molecule has 0 saturated heterocycles. The molecular formula is C45H76N5O17P. The zero-order chi connectivity index (χ0) is 49.7. The Labute approximate surface area is 397 Å². The van der Waals surface area contributed by atoms with E-state index in [2.05, 4.69) is 32.5 Å². The maximum atomic E-state index is 12.8. The number of amides is 1. The summed E-state index contributed by atoms with van der Waals surface area (Å²) in [5, 5.41) is 74.8. The predicted molar refractivity (Wildman–Crippen MR) is 248 cm³/mol. The van der Waals surface area contributed by atoms with Gasteiger partial charge in [-0.05, 0) is 48.5 Å². The zero-order valence-electron chi connectivity index (χ0n) is 39.5. The molecule has 1 aromatic heterocycles. The molecule has 388 valence electrons. The molecule has 0 bridgehead atoms. The van der Waals surface area contributed by atoms with Crippen LogP contribution >= 0.6 is 7.82 Å². The van der Waals surface area contributed by atoms with E-state index in [1.165, 1.54) is 70.3 Å². The number of phosphoric acid groups is 1. The number of aliphatic hydroxyl groups excluding tert-OH is 5. The van der Waals surface area contributed by atoms with Crippen LogP contribution in [-0.4, -0.2) is 133 Å². The molecule has 3 rings (SSSR count). The van der Waals surface area contributed by atoms with Gasteiger partial charge in [0.15, 0.2) is 11.6 Å². The first-order valence-electron chi connectivity index (χ1n) is 24.5. The number of aliphatic hydroxyl groups is 5. The van der Waals surface area contributed by atoms with Crippen LogP contribution in [0.1, 0.15) is 161 Å². The first-order valence-corrected chi connectivity index (χ1v) is 26.0. The number of anilines is 1. The molecule has 1 aromatic carbocycles. The number of unbranched alkanes of at least 4 members (excludes halogenated alkanes) is 18. The molecule has 2 aromatic rings. The highest BCUT2D eigenvalue weighted by molar-refractivity contribution is 7.47. The Kier molecular flexibility index (Phi) is 28.2. The third-order valence-corrected chi connectivity index (χ3v) is 12.8. The van der Waals surface area contributed by atoms with Crippen molar-refractivity contribution in [2.24, 2.45) is 0 Å². The lowest BCUT2D eigenvalue weighted by Gasteiger charge is -2.41. The van der Waals surface area contributed by atoms with E-state index in [0.717, 1.165) is 38.5 Å². The molecule has 3 unspecified atom stereocenters. The summed E-state index contributed by atoms with van der Waals surface area (Å²) in [6, 6.07) is 2.88. The number of rotatable bonds is 38. The Morgan fingerprint density at radius 2 is 1.19 bits per heavy atom. The molecule has 1 amide bonds. The van der Waals surface area contributed by atoms with Gasteiger partial charge in [-0.1, -0.05) is 110 Å². The molecular weight excluding hydrogens is 913 g/mol. The van der Waals surface area contributed by atoms with Crippen LogP contribution in [0.15, 0.2) is 16.8 Å². The molecule has 0 spiro atoms. The van der Waals surface area contributed by atoms with Gasteiger partial charge in [0.05, 0.1) is 17.2 Å². The van der Waals surface area contributed by atoms with E-state index >= 15 is 0 Å². The molecule has 1 aliphatic carbocycles. The van der Waals surface area contributed by atoms with Crippen LogP contribution in [-0.2, 0) is 37.5 Å². The van der Waals surface area contributed by atoms with Crippen molar-refractivity contribution in [3.8, 4) is 0 Å². The molecule has 1 fully saturated rings. The number of nitrogens with one attached hydrogen (secondary N) is 2. The van der Waals surface area contributed by atoms with Crippen molar-refractivity contribution in [3.63, 3.8) is 0 Å². The fraction of sp³-hybridized carbons (Fsp3) is 0.800. The van der Waals surface area contributed by atoms with Crippen LogP contribution in [0.4, 0.5) is 11.4 Å². The topological polar surface area (TPSA) is 333 Å². The number of nitro groups is 1. The molecule has 0 aliphatic heterocycles. The van der Waals surface area contributed by atoms with Crippen LogP contribution in [0.5, 0.6) is 0 Å². The van der Waals surface area contributed by atoms with Crippen molar-refractivity contribution in [2.75, 3.05) is 31.6 Å². The Morgan fingerprint density at radius 1 is 0.691 bits per heavy atom. The van der Waals surface area contributed by atoms with Crippen LogP contribution in [0.2, 0.25) is 0 Å². The van der Waals surface area contributed by atoms with E-state index in [9.17, 15) is 59.5 Å². The summed E-state index contributed by atoms with van der Waals surface area (Å²) in [6.45, 7) is 1.84. The number of esters is 2. The van der Waals surface area contributed by atoms with Gasteiger partial charge in [0.25, 0.3) is 0 Å². The summed E-state index contributed by atoms with van der Waals surface area (Å²) in [4.78, 5) is 58.7. The molecule has 1 aliphatic rings. The molecule has 68 heavy (non-hydrogen) atoms. The lowest BCUT2D eigenvalue weighted by atomic mass is 9.85. The number of hydrogen-bond acceptors (Lipinski definition) is 19. The van der Waals surface area contributed by atoms with Gasteiger partial charge in [0.2, 0.25) is 11.4 Å². The third kappa shape index (κ3) is 22.3. The lowest BCUT2D eigenvalue weighted by Crippen LogP contribution is -2.64. The standard InChI is InChI=1S/C45H76N5O17P/c1-2-3-4-5-6-7-8-9-10-11-12-13-14-15-19-25-37(53)65-32(31-64-68(61,62)66-45-43(57)41(55)40(54)42(56)44(45)58)30-63-36(52)24-20-17-22-29-47-35(51)23-18-16-21-28-46-33-26-27-34(50(59)60)39-38(33)48-67-49-39/h26-27,32,40-46,54-58H,2-25,28-31H2,1H3,(H,47,51)(H,61,62)/t32-,40?,41-,42+,43-,44-,45?/m1/s1. The minimum Gasteiger partial charge on any atom is -0.462 e. The second-order valence-corrected chi connectivity index (χ2v) is 18.9. The highest BCUT2D eigenvalue weighted by Crippen LogP contribution is 2.47. The van der Waals surface area contributed by atoms with Crippen molar-refractivity contribution in [3.05, 3.63) is 22.2 Å². The SMILES string of the molecule is CCCCCCCCCCCCCCCCCC(=O)O[C@H](COC(=O)CCCCCNC(=O)CCCCCNc1ccc([N+](=O)[O-])c2nonc12)COP(=O)(O)OC1[C@H](O)[C@H](O)C(O)[C@H](O)[C@H]1O. The summed E-state index contributed by atoms with van der Waals surface area (Å²) in [5.74, 6) is -1.40. The summed E-state index contributed by atoms with van der Waals surface area (Å²) in [6.07, 6.45) is 7.86. The molecule has 8 N–H and O–H groups in total. The Bertz CT molecular complexity index is 1810. The average Bonchev–Trinajstić information content (AvgIpc) is 3.81. The second kappa shape index (κ2) is 32.9. The maximum absolute atomic E-state index is 12.8. The van der Waals surface area contributed by atoms with Crippen LogP contribution in [0.25, 0.3) is 11.0 Å². The molecule has 23 heteroatoms. The first-order chi connectivity index (χ1) is 32.6. The van der Waals surface area contributed by atoms with Crippen molar-refractivity contribution in [2.45, 2.75) is 204 Å². The highest BCUT2D eigenvalue weighted by atomic mass is 31.2. The number of carbonyl (C=O) groups excluding carboxylic acids is 3. The van der Waals surface area contributed by atoms with E-state index in [-0.39, 0.29) is 35.5 Å². The molecule has 22 nitrogen and oxygen atoms in total. The summed E-state index contributed by atoms with van der Waals surface area (Å²) in [7, 11) is -5.18. The smallest absolute Gasteiger partial charge is 0.462 e. The Morgan fingerprint density at radius 3 is 1.78 bits per heavy atom. The number of hydrogen-bond donors (Lipinski definition) is 8. The molecule has 0 radical (unpaired) electrons. The van der Waals surface area contributed by atoms with E-state index in [0.29, 0.717) is 57.3 Å². The van der Waals surface area contributed by atoms with Crippen molar-refractivity contribution >= 4 is 48.1 Å². The van der Waals surface area contributed by atoms with Gasteiger partial charge in [-0.25, -0.2) is 9.19 Å². The fourth-order valence-corrected chi connectivity index (χ4v) is 8.76. The fourth-order valence-electron chi connectivity index (χ4n) is 7.78. The van der Waals surface area contributed by atoms with Crippen molar-refractivity contribution in [1.82, 2.24) is 15.6 Å². The molecule has 1 saturated carbocycles. The molecule has 8 atom stereocenters. The third-order valence-electron chi connectivity index (χ3n) is 11.8. The van der Waals surface area contributed by atoms with Gasteiger partial charge in [0, 0.05) is 38.4 Å². The van der Waals surface area contributed by atoms with Crippen molar-refractivity contribution in [1.29, 1.82) is 0 Å². The molecule has 1 heterocycles. The monoisotopic (exact) mass is 989 g/mol. The quantitative estimate of drug-likeness (QED) is 0.0129.